The molecular weight excluding hydrogens is 231 g/mol. The summed E-state index contributed by atoms with van der Waals surface area (Å²) in [7, 11) is 1.65. The van der Waals surface area contributed by atoms with E-state index >= 15 is 0 Å². The molecule has 1 amide bonds. The molecule has 0 saturated carbocycles. The van der Waals surface area contributed by atoms with Gasteiger partial charge < -0.3 is 4.90 Å². The van der Waals surface area contributed by atoms with Crippen LogP contribution in [0.2, 0.25) is 0 Å². The molecule has 0 spiro atoms. The summed E-state index contributed by atoms with van der Waals surface area (Å²) in [5.41, 5.74) is 0.505. The fourth-order valence-corrected chi connectivity index (χ4v) is 1.60. The molecule has 0 radical (unpaired) electrons. The smallest absolute Gasteiger partial charge is 0.236 e. The number of nitrogens with zero attached hydrogens (tertiary/aromatic N) is 1. The lowest BCUT2D eigenvalue weighted by molar-refractivity contribution is -0.130. The van der Waals surface area contributed by atoms with Crippen molar-refractivity contribution in [2.45, 2.75) is 13.0 Å². The molecular formula is C14H17FN2O. The molecule has 0 saturated heterocycles. The average molecular weight is 248 g/mol. The summed E-state index contributed by atoms with van der Waals surface area (Å²) >= 11 is 0. The highest BCUT2D eigenvalue weighted by Gasteiger charge is 2.19. The van der Waals surface area contributed by atoms with Crippen LogP contribution in [0.3, 0.4) is 0 Å². The maximum atomic E-state index is 13.6. The van der Waals surface area contributed by atoms with Gasteiger partial charge in [-0.15, -0.1) is 6.42 Å². The molecule has 96 valence electrons. The van der Waals surface area contributed by atoms with Crippen molar-refractivity contribution < 1.29 is 9.18 Å². The minimum Gasteiger partial charge on any atom is -0.338 e. The second-order valence-corrected chi connectivity index (χ2v) is 4.01. The quantitative estimate of drug-likeness (QED) is 0.633. The van der Waals surface area contributed by atoms with Crippen LogP contribution in [0.5, 0.6) is 0 Å². The van der Waals surface area contributed by atoms with Gasteiger partial charge in [0.1, 0.15) is 5.82 Å². The lowest BCUT2D eigenvalue weighted by Crippen LogP contribution is -2.37. The van der Waals surface area contributed by atoms with E-state index in [1.54, 1.807) is 32.2 Å². The zero-order valence-electron chi connectivity index (χ0n) is 10.6. The molecule has 0 aliphatic heterocycles. The van der Waals surface area contributed by atoms with Crippen molar-refractivity contribution in [2.75, 3.05) is 20.1 Å². The van der Waals surface area contributed by atoms with Crippen LogP contribution < -0.4 is 5.32 Å². The lowest BCUT2D eigenvalue weighted by atomic mass is 10.1. The third-order valence-corrected chi connectivity index (χ3v) is 2.83. The first kappa shape index (κ1) is 14.2. The van der Waals surface area contributed by atoms with Crippen LogP contribution in [0.1, 0.15) is 18.5 Å². The second kappa shape index (κ2) is 6.77. The Morgan fingerprint density at radius 3 is 2.83 bits per heavy atom. The topological polar surface area (TPSA) is 32.3 Å². The van der Waals surface area contributed by atoms with Crippen LogP contribution in [-0.2, 0) is 4.79 Å². The zero-order valence-corrected chi connectivity index (χ0v) is 10.6. The van der Waals surface area contributed by atoms with Crippen molar-refractivity contribution in [3.05, 3.63) is 35.6 Å². The maximum absolute atomic E-state index is 13.6. The van der Waals surface area contributed by atoms with Crippen LogP contribution in [0, 0.1) is 18.2 Å². The number of carbonyl (C=O) groups is 1. The van der Waals surface area contributed by atoms with E-state index in [2.05, 4.69) is 11.2 Å². The maximum Gasteiger partial charge on any atom is 0.236 e. The predicted molar refractivity (Wildman–Crippen MR) is 69.3 cm³/mol. The predicted octanol–water partition coefficient (Wildman–Crippen LogP) is 1.57. The molecule has 0 aliphatic carbocycles. The van der Waals surface area contributed by atoms with Crippen LogP contribution in [0.25, 0.3) is 0 Å². The second-order valence-electron chi connectivity index (χ2n) is 4.01. The van der Waals surface area contributed by atoms with E-state index in [4.69, 9.17) is 6.42 Å². The Labute approximate surface area is 107 Å². The third kappa shape index (κ3) is 3.57. The minimum atomic E-state index is -0.314. The fourth-order valence-electron chi connectivity index (χ4n) is 1.60. The zero-order chi connectivity index (χ0) is 13.5. The summed E-state index contributed by atoms with van der Waals surface area (Å²) in [5.74, 6) is 1.96. The highest BCUT2D eigenvalue weighted by atomic mass is 19.1. The number of hydrogen-bond acceptors (Lipinski definition) is 2. The minimum absolute atomic E-state index is 0.124. The highest BCUT2D eigenvalue weighted by Crippen LogP contribution is 2.21. The SMILES string of the molecule is C#CCNCC(=O)N(C)C(C)c1ccccc1F. The first-order valence-corrected chi connectivity index (χ1v) is 5.72. The van der Waals surface area contributed by atoms with Crippen molar-refractivity contribution in [3.8, 4) is 12.3 Å². The first-order chi connectivity index (χ1) is 8.57. The Hall–Kier alpha value is -1.86. The lowest BCUT2D eigenvalue weighted by Gasteiger charge is -2.25. The summed E-state index contributed by atoms with van der Waals surface area (Å²) in [6, 6.07) is 6.14. The molecule has 3 nitrogen and oxygen atoms in total. The van der Waals surface area contributed by atoms with Crippen LogP contribution >= 0.6 is 0 Å². The van der Waals surface area contributed by atoms with Crippen molar-refractivity contribution in [1.82, 2.24) is 10.2 Å². The van der Waals surface area contributed by atoms with Gasteiger partial charge in [-0.05, 0) is 13.0 Å². The molecule has 18 heavy (non-hydrogen) atoms. The molecule has 0 bridgehead atoms. The molecule has 1 N–H and O–H groups in total. The molecule has 0 aliphatic rings. The Morgan fingerprint density at radius 2 is 2.22 bits per heavy atom. The monoisotopic (exact) mass is 248 g/mol. The van der Waals surface area contributed by atoms with Crippen LogP contribution in [0.15, 0.2) is 24.3 Å². The number of rotatable bonds is 5. The summed E-state index contributed by atoms with van der Waals surface area (Å²) in [6.07, 6.45) is 5.07. The van der Waals surface area contributed by atoms with Gasteiger partial charge in [-0.1, -0.05) is 24.1 Å². The number of likely N-dealkylation sites (N-methyl/N-ethyl adjacent to an activating group) is 1. The average Bonchev–Trinajstić information content (AvgIpc) is 2.38. The van der Waals surface area contributed by atoms with E-state index in [0.717, 1.165) is 0 Å². The number of hydrogen-bond donors (Lipinski definition) is 1. The van der Waals surface area contributed by atoms with E-state index in [0.29, 0.717) is 12.1 Å². The number of amides is 1. The van der Waals surface area contributed by atoms with Crippen molar-refractivity contribution in [1.29, 1.82) is 0 Å². The summed E-state index contributed by atoms with van der Waals surface area (Å²) < 4.78 is 13.6. The van der Waals surface area contributed by atoms with Gasteiger partial charge in [-0.3, -0.25) is 10.1 Å². The molecule has 0 aromatic heterocycles. The third-order valence-electron chi connectivity index (χ3n) is 2.83. The molecule has 0 heterocycles. The van der Waals surface area contributed by atoms with Gasteiger partial charge >= 0.3 is 0 Å². The van der Waals surface area contributed by atoms with Crippen LogP contribution in [0.4, 0.5) is 4.39 Å². The number of benzene rings is 1. The molecule has 1 aromatic carbocycles. The molecule has 1 unspecified atom stereocenters. The van der Waals surface area contributed by atoms with Gasteiger partial charge in [0.15, 0.2) is 0 Å². The largest absolute Gasteiger partial charge is 0.338 e. The molecule has 0 fully saturated rings. The number of terminal acetylenes is 1. The van der Waals surface area contributed by atoms with Gasteiger partial charge in [0.25, 0.3) is 0 Å². The van der Waals surface area contributed by atoms with Crippen molar-refractivity contribution in [3.63, 3.8) is 0 Å². The highest BCUT2D eigenvalue weighted by molar-refractivity contribution is 5.78. The fraction of sp³-hybridized carbons (Fsp3) is 0.357. The Bertz CT molecular complexity index is 453. The van der Waals surface area contributed by atoms with E-state index in [1.165, 1.54) is 11.0 Å². The number of halogens is 1. The summed E-state index contributed by atoms with van der Waals surface area (Å²) in [6.45, 7) is 2.28. The Balaban J connectivity index is 2.67. The van der Waals surface area contributed by atoms with Gasteiger partial charge in [0, 0.05) is 12.6 Å². The first-order valence-electron chi connectivity index (χ1n) is 5.72. The summed E-state index contributed by atoms with van der Waals surface area (Å²) in [4.78, 5) is 13.3. The molecule has 1 atom stereocenters. The van der Waals surface area contributed by atoms with E-state index in [9.17, 15) is 9.18 Å². The van der Waals surface area contributed by atoms with Gasteiger partial charge in [-0.25, -0.2) is 4.39 Å². The molecule has 1 aromatic rings. The van der Waals surface area contributed by atoms with Crippen molar-refractivity contribution >= 4 is 5.91 Å². The number of nitrogens with one attached hydrogen (secondary N) is 1. The van der Waals surface area contributed by atoms with Gasteiger partial charge in [0.05, 0.1) is 19.1 Å². The van der Waals surface area contributed by atoms with Gasteiger partial charge in [0.2, 0.25) is 5.91 Å². The van der Waals surface area contributed by atoms with Crippen molar-refractivity contribution in [2.24, 2.45) is 0 Å². The molecule has 4 heteroatoms. The molecule has 1 rings (SSSR count). The Kier molecular flexibility index (Phi) is 5.34. The Morgan fingerprint density at radius 1 is 1.56 bits per heavy atom. The summed E-state index contributed by atoms with van der Waals surface area (Å²) in [5, 5.41) is 2.82. The van der Waals surface area contributed by atoms with E-state index in [-0.39, 0.29) is 24.3 Å². The van der Waals surface area contributed by atoms with E-state index < -0.39 is 0 Å². The number of carbonyl (C=O) groups excluding carboxylic acids is 1. The van der Waals surface area contributed by atoms with Gasteiger partial charge in [-0.2, -0.15) is 0 Å². The van der Waals surface area contributed by atoms with E-state index in [1.807, 2.05) is 0 Å². The van der Waals surface area contributed by atoms with Crippen LogP contribution in [-0.4, -0.2) is 30.9 Å². The normalized spacial score (nSPS) is 11.7. The standard InChI is InChI=1S/C14H17FN2O/c1-4-9-16-10-14(18)17(3)11(2)12-7-5-6-8-13(12)15/h1,5-8,11,16H,9-10H2,2-3H3.